The lowest BCUT2D eigenvalue weighted by molar-refractivity contribution is 0.168. The molecule has 0 amide bonds. The normalized spacial score (nSPS) is 40.3. The van der Waals surface area contributed by atoms with E-state index in [1.54, 1.807) is 0 Å². The molecule has 82 valence electrons. The second-order valence-electron chi connectivity index (χ2n) is 4.40. The van der Waals surface area contributed by atoms with E-state index in [0.717, 1.165) is 25.0 Å². The van der Waals surface area contributed by atoms with Crippen molar-refractivity contribution in [2.75, 3.05) is 38.6 Å². The van der Waals surface area contributed by atoms with E-state index in [2.05, 4.69) is 23.6 Å². The molecule has 2 N–H and O–H groups in total. The highest BCUT2D eigenvalue weighted by atomic mass is 32.2. The molecule has 2 aliphatic heterocycles. The third kappa shape index (κ3) is 2.63. The molecule has 0 saturated carbocycles. The van der Waals surface area contributed by atoms with E-state index in [1.165, 1.54) is 18.8 Å². The van der Waals surface area contributed by atoms with Gasteiger partial charge in [0.1, 0.15) is 0 Å². The molecule has 0 radical (unpaired) electrons. The Morgan fingerprint density at radius 3 is 3.00 bits per heavy atom. The molecule has 0 aromatic heterocycles. The molecule has 0 aromatic carbocycles. The van der Waals surface area contributed by atoms with Crippen LogP contribution in [-0.2, 0) is 4.74 Å². The zero-order valence-corrected chi connectivity index (χ0v) is 9.63. The van der Waals surface area contributed by atoms with Crippen LogP contribution in [-0.4, -0.2) is 54.8 Å². The fourth-order valence-electron chi connectivity index (χ4n) is 2.19. The topological polar surface area (TPSA) is 38.5 Å². The van der Waals surface area contributed by atoms with Gasteiger partial charge in [-0.05, 0) is 0 Å². The Morgan fingerprint density at radius 2 is 2.36 bits per heavy atom. The molecule has 3 atom stereocenters. The smallest absolute Gasteiger partial charge is 0.0621 e. The first-order chi connectivity index (χ1) is 6.75. The second-order valence-corrected chi connectivity index (χ2v) is 5.95. The number of thioether (sulfide) groups is 1. The van der Waals surface area contributed by atoms with Crippen molar-refractivity contribution in [2.24, 2.45) is 11.7 Å². The number of rotatable bonds is 2. The monoisotopic (exact) mass is 216 g/mol. The maximum Gasteiger partial charge on any atom is 0.0621 e. The summed E-state index contributed by atoms with van der Waals surface area (Å²) in [4.78, 5) is 2.54. The van der Waals surface area contributed by atoms with E-state index >= 15 is 0 Å². The van der Waals surface area contributed by atoms with Crippen molar-refractivity contribution in [3.63, 3.8) is 0 Å². The molecule has 2 aliphatic rings. The first-order valence-electron chi connectivity index (χ1n) is 5.43. The maximum absolute atomic E-state index is 5.97. The summed E-state index contributed by atoms with van der Waals surface area (Å²) in [6.07, 6.45) is 0. The van der Waals surface area contributed by atoms with Gasteiger partial charge >= 0.3 is 0 Å². The van der Waals surface area contributed by atoms with Gasteiger partial charge in [-0.1, -0.05) is 6.92 Å². The average Bonchev–Trinajstić information content (AvgIpc) is 2.52. The minimum atomic E-state index is 0.264. The third-order valence-electron chi connectivity index (χ3n) is 3.07. The summed E-state index contributed by atoms with van der Waals surface area (Å²) in [6, 6.07) is 0.264. The van der Waals surface area contributed by atoms with Crippen LogP contribution in [0.1, 0.15) is 6.92 Å². The second kappa shape index (κ2) is 4.84. The molecule has 2 fully saturated rings. The van der Waals surface area contributed by atoms with Crippen molar-refractivity contribution in [1.82, 2.24) is 4.90 Å². The van der Waals surface area contributed by atoms with E-state index in [4.69, 9.17) is 10.5 Å². The van der Waals surface area contributed by atoms with Crippen LogP contribution in [0.3, 0.4) is 0 Å². The summed E-state index contributed by atoms with van der Waals surface area (Å²) in [7, 11) is 0. The van der Waals surface area contributed by atoms with Crippen LogP contribution in [0, 0.1) is 5.92 Å². The molecule has 3 unspecified atom stereocenters. The summed E-state index contributed by atoms with van der Waals surface area (Å²) < 4.78 is 5.38. The highest BCUT2D eigenvalue weighted by Crippen LogP contribution is 2.20. The Kier molecular flexibility index (Phi) is 3.71. The van der Waals surface area contributed by atoms with Gasteiger partial charge < -0.3 is 15.4 Å². The maximum atomic E-state index is 5.97. The number of nitrogens with zero attached hydrogens (tertiary/aromatic N) is 1. The molecule has 0 aliphatic carbocycles. The number of nitrogens with two attached hydrogens (primary N) is 1. The molecule has 0 bridgehead atoms. The summed E-state index contributed by atoms with van der Waals surface area (Å²) in [5, 5.41) is 0.780. The van der Waals surface area contributed by atoms with E-state index in [1.807, 2.05) is 0 Å². The molecule has 0 spiro atoms. The van der Waals surface area contributed by atoms with Crippen molar-refractivity contribution >= 4 is 11.8 Å². The van der Waals surface area contributed by atoms with E-state index < -0.39 is 0 Å². The van der Waals surface area contributed by atoms with Crippen molar-refractivity contribution in [3.8, 4) is 0 Å². The molecule has 0 aromatic rings. The Bertz CT molecular complexity index is 191. The molecule has 14 heavy (non-hydrogen) atoms. The first kappa shape index (κ1) is 10.7. The summed E-state index contributed by atoms with van der Waals surface area (Å²) in [6.45, 7) is 7.49. The van der Waals surface area contributed by atoms with Gasteiger partial charge in [-0.2, -0.15) is 11.8 Å². The Hall–Kier alpha value is 0.230. The van der Waals surface area contributed by atoms with Gasteiger partial charge in [0.05, 0.1) is 13.2 Å². The fourth-order valence-corrected chi connectivity index (χ4v) is 3.27. The van der Waals surface area contributed by atoms with Crippen molar-refractivity contribution in [3.05, 3.63) is 0 Å². The van der Waals surface area contributed by atoms with Crippen LogP contribution in [0.2, 0.25) is 0 Å². The number of ether oxygens (including phenoxy) is 1. The minimum Gasteiger partial charge on any atom is -0.379 e. The summed E-state index contributed by atoms with van der Waals surface area (Å²) in [5.41, 5.74) is 5.97. The molecule has 3 nitrogen and oxygen atoms in total. The van der Waals surface area contributed by atoms with Crippen molar-refractivity contribution in [2.45, 2.75) is 18.2 Å². The molecule has 2 saturated heterocycles. The predicted molar refractivity (Wildman–Crippen MR) is 60.6 cm³/mol. The van der Waals surface area contributed by atoms with E-state index in [0.29, 0.717) is 5.92 Å². The Balaban J connectivity index is 1.78. The van der Waals surface area contributed by atoms with Crippen LogP contribution in [0.5, 0.6) is 0 Å². The van der Waals surface area contributed by atoms with Gasteiger partial charge in [-0.3, -0.25) is 0 Å². The highest BCUT2D eigenvalue weighted by Gasteiger charge is 2.28. The summed E-state index contributed by atoms with van der Waals surface area (Å²) >= 11 is 2.08. The van der Waals surface area contributed by atoms with Gasteiger partial charge in [0.2, 0.25) is 0 Å². The number of hydrogen-bond acceptors (Lipinski definition) is 4. The molecular weight excluding hydrogens is 196 g/mol. The summed E-state index contributed by atoms with van der Waals surface area (Å²) in [5.74, 6) is 1.83. The standard InChI is InChI=1S/C10H20N2OS/c1-8-4-12(2-3-14-8)5-9-6-13-7-10(9)11/h8-10H,2-7,11H2,1H3. The molecule has 2 rings (SSSR count). The quantitative estimate of drug-likeness (QED) is 0.725. The van der Waals surface area contributed by atoms with Crippen LogP contribution in [0.15, 0.2) is 0 Å². The van der Waals surface area contributed by atoms with Gasteiger partial charge in [0.15, 0.2) is 0 Å². The average molecular weight is 216 g/mol. The molecule has 4 heteroatoms. The first-order valence-corrected chi connectivity index (χ1v) is 6.48. The predicted octanol–water partition coefficient (Wildman–Crippen LogP) is 0.397. The number of hydrogen-bond donors (Lipinski definition) is 1. The van der Waals surface area contributed by atoms with Gasteiger partial charge in [0, 0.05) is 42.6 Å². The minimum absolute atomic E-state index is 0.264. The Labute approximate surface area is 90.3 Å². The van der Waals surface area contributed by atoms with Crippen LogP contribution >= 0.6 is 11.8 Å². The van der Waals surface area contributed by atoms with Crippen molar-refractivity contribution in [1.29, 1.82) is 0 Å². The lowest BCUT2D eigenvalue weighted by atomic mass is 10.0. The fraction of sp³-hybridized carbons (Fsp3) is 1.00. The van der Waals surface area contributed by atoms with Crippen LogP contribution in [0.4, 0.5) is 0 Å². The van der Waals surface area contributed by atoms with Gasteiger partial charge in [0.25, 0.3) is 0 Å². The lowest BCUT2D eigenvalue weighted by Gasteiger charge is -2.32. The molecule has 2 heterocycles. The largest absolute Gasteiger partial charge is 0.379 e. The van der Waals surface area contributed by atoms with Gasteiger partial charge in [-0.15, -0.1) is 0 Å². The highest BCUT2D eigenvalue weighted by molar-refractivity contribution is 7.99. The van der Waals surface area contributed by atoms with E-state index in [-0.39, 0.29) is 6.04 Å². The zero-order chi connectivity index (χ0) is 9.97. The van der Waals surface area contributed by atoms with E-state index in [9.17, 15) is 0 Å². The van der Waals surface area contributed by atoms with Gasteiger partial charge in [-0.25, -0.2) is 0 Å². The molecular formula is C10H20N2OS. The Morgan fingerprint density at radius 1 is 1.50 bits per heavy atom. The third-order valence-corrected chi connectivity index (χ3v) is 4.20. The van der Waals surface area contributed by atoms with Crippen molar-refractivity contribution < 1.29 is 4.74 Å². The van der Waals surface area contributed by atoms with Crippen LogP contribution < -0.4 is 5.73 Å². The van der Waals surface area contributed by atoms with Crippen LogP contribution in [0.25, 0.3) is 0 Å². The zero-order valence-electron chi connectivity index (χ0n) is 8.82. The lowest BCUT2D eigenvalue weighted by Crippen LogP contribution is -2.43. The SMILES string of the molecule is CC1CN(CC2COCC2N)CCS1.